The Bertz CT molecular complexity index is 475. The molecule has 6 heteroatoms. The lowest BCUT2D eigenvalue weighted by Gasteiger charge is -2.32. The molecule has 0 aromatic carbocycles. The third-order valence-electron chi connectivity index (χ3n) is 4.03. The van der Waals surface area contributed by atoms with Crippen molar-refractivity contribution >= 4 is 11.9 Å². The molecule has 2 aliphatic heterocycles. The van der Waals surface area contributed by atoms with Gasteiger partial charge in [0.25, 0.3) is 0 Å². The van der Waals surface area contributed by atoms with Crippen molar-refractivity contribution in [3.05, 3.63) is 23.3 Å². The van der Waals surface area contributed by atoms with Crippen LogP contribution in [0.15, 0.2) is 23.3 Å². The molecule has 0 aliphatic carbocycles. The Morgan fingerprint density at radius 2 is 1.35 bits per heavy atom. The lowest BCUT2D eigenvalue weighted by Crippen LogP contribution is -2.38. The van der Waals surface area contributed by atoms with Crippen molar-refractivity contribution < 1.29 is 28.5 Å². The Kier molecular flexibility index (Phi) is 5.96. The average molecular weight is 324 g/mol. The van der Waals surface area contributed by atoms with E-state index in [0.717, 1.165) is 11.1 Å². The van der Waals surface area contributed by atoms with E-state index in [0.29, 0.717) is 19.3 Å². The van der Waals surface area contributed by atoms with E-state index < -0.39 is 12.2 Å². The third kappa shape index (κ3) is 4.65. The highest BCUT2D eigenvalue weighted by Crippen LogP contribution is 2.27. The van der Waals surface area contributed by atoms with Gasteiger partial charge in [-0.15, -0.1) is 0 Å². The molecule has 0 aromatic heterocycles. The van der Waals surface area contributed by atoms with Gasteiger partial charge in [0.2, 0.25) is 0 Å². The molecule has 128 valence electrons. The Morgan fingerprint density at radius 1 is 0.957 bits per heavy atom. The van der Waals surface area contributed by atoms with Crippen LogP contribution in [-0.2, 0) is 28.5 Å². The molecule has 0 bridgehead atoms. The number of hydrogen-bond acceptors (Lipinski definition) is 6. The van der Waals surface area contributed by atoms with Crippen molar-refractivity contribution in [1.29, 1.82) is 0 Å². The van der Waals surface area contributed by atoms with Crippen molar-refractivity contribution in [2.75, 3.05) is 14.2 Å². The van der Waals surface area contributed by atoms with Crippen LogP contribution >= 0.6 is 0 Å². The number of carbonyl (C=O) groups is 2. The van der Waals surface area contributed by atoms with Gasteiger partial charge in [-0.25, -0.2) is 9.59 Å². The lowest BCUT2D eigenvalue weighted by molar-refractivity contribution is -0.161. The molecule has 0 radical (unpaired) electrons. The number of methoxy groups -OCH3 is 2. The molecule has 2 aliphatic rings. The van der Waals surface area contributed by atoms with Crippen LogP contribution in [0.4, 0.5) is 0 Å². The summed E-state index contributed by atoms with van der Waals surface area (Å²) in [5.41, 5.74) is 2.16. The molecule has 23 heavy (non-hydrogen) atoms. The lowest BCUT2D eigenvalue weighted by atomic mass is 9.97. The van der Waals surface area contributed by atoms with Crippen molar-refractivity contribution in [1.82, 2.24) is 0 Å². The summed E-state index contributed by atoms with van der Waals surface area (Å²) in [4.78, 5) is 23.4. The van der Waals surface area contributed by atoms with Gasteiger partial charge >= 0.3 is 11.9 Å². The molecule has 0 fully saturated rings. The molecule has 0 spiro atoms. The van der Waals surface area contributed by atoms with Crippen LogP contribution < -0.4 is 0 Å². The highest BCUT2D eigenvalue weighted by Gasteiger charge is 2.32. The fourth-order valence-electron chi connectivity index (χ4n) is 2.97. The van der Waals surface area contributed by atoms with Crippen LogP contribution in [-0.4, -0.2) is 50.6 Å². The Morgan fingerprint density at radius 3 is 1.70 bits per heavy atom. The van der Waals surface area contributed by atoms with Crippen molar-refractivity contribution in [2.45, 2.75) is 57.5 Å². The second kappa shape index (κ2) is 7.75. The van der Waals surface area contributed by atoms with Gasteiger partial charge in [-0.3, -0.25) is 0 Å². The third-order valence-corrected chi connectivity index (χ3v) is 4.03. The Hall–Kier alpha value is -1.66. The van der Waals surface area contributed by atoms with E-state index in [1.54, 1.807) is 0 Å². The second-order valence-corrected chi connectivity index (χ2v) is 6.04. The first-order valence-electron chi connectivity index (χ1n) is 7.74. The Labute approximate surface area is 136 Å². The zero-order chi connectivity index (χ0) is 17.0. The van der Waals surface area contributed by atoms with Crippen LogP contribution in [0.3, 0.4) is 0 Å². The summed E-state index contributed by atoms with van der Waals surface area (Å²) >= 11 is 0. The van der Waals surface area contributed by atoms with E-state index >= 15 is 0 Å². The van der Waals surface area contributed by atoms with Gasteiger partial charge in [-0.05, 0) is 13.8 Å². The monoisotopic (exact) mass is 324 g/mol. The zero-order valence-corrected chi connectivity index (χ0v) is 14.0. The van der Waals surface area contributed by atoms with E-state index in [4.69, 9.17) is 18.9 Å². The summed E-state index contributed by atoms with van der Waals surface area (Å²) in [7, 11) is 2.71. The molecule has 0 unspecified atom stereocenters. The molecule has 2 heterocycles. The maximum Gasteiger partial charge on any atom is 0.335 e. The highest BCUT2D eigenvalue weighted by atomic mass is 16.6. The zero-order valence-electron chi connectivity index (χ0n) is 14.0. The maximum atomic E-state index is 11.7. The molecule has 6 nitrogen and oxygen atoms in total. The molecule has 0 amide bonds. The van der Waals surface area contributed by atoms with Crippen molar-refractivity contribution in [3.63, 3.8) is 0 Å². The SMILES string of the molecule is COC(=O)[C@H]1CC(C)=C[C@H](C[C@@H]2C=C(C)C[C@H](C(=O)OC)O2)O1. The highest BCUT2D eigenvalue weighted by molar-refractivity contribution is 5.75. The number of hydrogen-bond donors (Lipinski definition) is 0. The molecule has 0 aromatic rings. The summed E-state index contributed by atoms with van der Waals surface area (Å²) in [6, 6.07) is 0. The summed E-state index contributed by atoms with van der Waals surface area (Å²) in [5, 5.41) is 0. The van der Waals surface area contributed by atoms with E-state index in [1.165, 1.54) is 14.2 Å². The van der Waals surface area contributed by atoms with Gasteiger partial charge in [0, 0.05) is 19.3 Å². The summed E-state index contributed by atoms with van der Waals surface area (Å²) in [6.45, 7) is 3.93. The quantitative estimate of drug-likeness (QED) is 0.581. The summed E-state index contributed by atoms with van der Waals surface area (Å²) < 4.78 is 21.1. The molecule has 0 N–H and O–H groups in total. The number of carbonyl (C=O) groups excluding carboxylic acids is 2. The van der Waals surface area contributed by atoms with Crippen LogP contribution in [0, 0.1) is 0 Å². The average Bonchev–Trinajstić information content (AvgIpc) is 2.52. The van der Waals surface area contributed by atoms with Gasteiger partial charge < -0.3 is 18.9 Å². The van der Waals surface area contributed by atoms with E-state index in [1.807, 2.05) is 26.0 Å². The van der Waals surface area contributed by atoms with Gasteiger partial charge in [-0.1, -0.05) is 23.3 Å². The van der Waals surface area contributed by atoms with Gasteiger partial charge in [0.15, 0.2) is 12.2 Å². The first-order chi connectivity index (χ1) is 10.9. The molecule has 4 atom stereocenters. The standard InChI is InChI=1S/C17H24O6/c1-10-5-12(22-14(7-10)16(18)20-3)9-13-6-11(2)8-15(23-13)17(19)21-4/h5-6,12-15H,7-9H2,1-4H3/t12-,13+,14-,15-/m1/s1. The topological polar surface area (TPSA) is 71.1 Å². The molecule has 2 rings (SSSR count). The predicted octanol–water partition coefficient (Wildman–Crippen LogP) is 1.93. The first kappa shape index (κ1) is 17.7. The van der Waals surface area contributed by atoms with Gasteiger partial charge in [0.1, 0.15) is 0 Å². The maximum absolute atomic E-state index is 11.7. The second-order valence-electron chi connectivity index (χ2n) is 6.04. The fraction of sp³-hybridized carbons (Fsp3) is 0.647. The van der Waals surface area contributed by atoms with Crippen molar-refractivity contribution in [3.8, 4) is 0 Å². The Balaban J connectivity index is 2.03. The largest absolute Gasteiger partial charge is 0.467 e. The minimum Gasteiger partial charge on any atom is -0.467 e. The number of esters is 2. The normalized spacial score (nSPS) is 31.0. The molecule has 0 saturated heterocycles. The minimum atomic E-state index is -0.583. The number of ether oxygens (including phenoxy) is 4. The van der Waals surface area contributed by atoms with Gasteiger partial charge in [-0.2, -0.15) is 0 Å². The first-order valence-corrected chi connectivity index (χ1v) is 7.74. The molecule has 0 saturated carbocycles. The smallest absolute Gasteiger partial charge is 0.335 e. The van der Waals surface area contributed by atoms with E-state index in [9.17, 15) is 9.59 Å². The fourth-order valence-corrected chi connectivity index (χ4v) is 2.97. The predicted molar refractivity (Wildman–Crippen MR) is 82.7 cm³/mol. The van der Waals surface area contributed by atoms with E-state index in [2.05, 4.69) is 0 Å². The molecular formula is C17H24O6. The van der Waals surface area contributed by atoms with Crippen molar-refractivity contribution in [2.24, 2.45) is 0 Å². The minimum absolute atomic E-state index is 0.252. The molecular weight excluding hydrogens is 300 g/mol. The van der Waals surface area contributed by atoms with Crippen LogP contribution in [0.5, 0.6) is 0 Å². The van der Waals surface area contributed by atoms with Crippen LogP contribution in [0.1, 0.15) is 33.1 Å². The van der Waals surface area contributed by atoms with E-state index in [-0.39, 0.29) is 24.1 Å². The van der Waals surface area contributed by atoms with Crippen LogP contribution in [0.2, 0.25) is 0 Å². The summed E-state index contributed by atoms with van der Waals surface area (Å²) in [5.74, 6) is -0.739. The number of rotatable bonds is 4. The van der Waals surface area contributed by atoms with Gasteiger partial charge in [0.05, 0.1) is 26.4 Å². The van der Waals surface area contributed by atoms with Crippen LogP contribution in [0.25, 0.3) is 0 Å². The summed E-state index contributed by atoms with van der Waals surface area (Å²) in [6.07, 6.45) is 3.93.